The van der Waals surface area contributed by atoms with Gasteiger partial charge in [-0.15, -0.1) is 0 Å². The van der Waals surface area contributed by atoms with Gasteiger partial charge in [0.1, 0.15) is 5.75 Å². The first-order chi connectivity index (χ1) is 8.24. The molecule has 0 atom stereocenters. The highest BCUT2D eigenvalue weighted by atomic mass is 32.1. The van der Waals surface area contributed by atoms with Gasteiger partial charge in [-0.25, -0.2) is 0 Å². The average Bonchev–Trinajstić information content (AvgIpc) is 2.33. The Bertz CT molecular complexity index is 372. The summed E-state index contributed by atoms with van der Waals surface area (Å²) in [6, 6.07) is 7.42. The number of benzene rings is 1. The highest BCUT2D eigenvalue weighted by Gasteiger charge is 2.13. The smallest absolute Gasteiger partial charge is 0.170 e. The maximum absolute atomic E-state index is 9.18. The largest absolute Gasteiger partial charge is 0.508 e. The third kappa shape index (κ3) is 3.89. The predicted octanol–water partition coefficient (Wildman–Crippen LogP) is 3.01. The van der Waals surface area contributed by atoms with E-state index in [1.807, 2.05) is 12.1 Å². The molecule has 3 N–H and O–H groups in total. The Balaban J connectivity index is 1.82. The van der Waals surface area contributed by atoms with Crippen molar-refractivity contribution in [3.63, 3.8) is 0 Å². The van der Waals surface area contributed by atoms with Gasteiger partial charge in [-0.2, -0.15) is 0 Å². The van der Waals surface area contributed by atoms with Gasteiger partial charge >= 0.3 is 0 Å². The van der Waals surface area contributed by atoms with Gasteiger partial charge in [0.2, 0.25) is 0 Å². The molecular weight excluding hydrogens is 232 g/mol. The van der Waals surface area contributed by atoms with Crippen LogP contribution in [0.15, 0.2) is 24.3 Å². The molecule has 92 valence electrons. The number of nitrogens with one attached hydrogen (secondary N) is 2. The van der Waals surface area contributed by atoms with Crippen LogP contribution in [0, 0.1) is 0 Å². The van der Waals surface area contributed by atoms with Crippen LogP contribution in [0.25, 0.3) is 0 Å². The molecular formula is C13H18N2OS. The van der Waals surface area contributed by atoms with Crippen molar-refractivity contribution in [3.8, 4) is 5.75 Å². The van der Waals surface area contributed by atoms with Gasteiger partial charge in [-0.1, -0.05) is 19.3 Å². The van der Waals surface area contributed by atoms with Gasteiger partial charge < -0.3 is 15.7 Å². The summed E-state index contributed by atoms with van der Waals surface area (Å²) in [5, 5.41) is 16.3. The zero-order valence-corrected chi connectivity index (χ0v) is 10.6. The second-order valence-corrected chi connectivity index (χ2v) is 4.89. The number of phenolic OH excluding ortho intramolecular Hbond substituents is 1. The normalized spacial score (nSPS) is 16.5. The van der Waals surface area contributed by atoms with E-state index in [-0.39, 0.29) is 5.75 Å². The quantitative estimate of drug-likeness (QED) is 0.557. The van der Waals surface area contributed by atoms with Crippen LogP contribution in [0.1, 0.15) is 32.1 Å². The monoisotopic (exact) mass is 250 g/mol. The van der Waals surface area contributed by atoms with E-state index in [1.54, 1.807) is 12.1 Å². The summed E-state index contributed by atoms with van der Waals surface area (Å²) >= 11 is 5.26. The molecule has 1 saturated carbocycles. The fourth-order valence-electron chi connectivity index (χ4n) is 2.14. The van der Waals surface area contributed by atoms with Crippen molar-refractivity contribution in [3.05, 3.63) is 24.3 Å². The van der Waals surface area contributed by atoms with Crippen molar-refractivity contribution in [2.24, 2.45) is 0 Å². The lowest BCUT2D eigenvalue weighted by Gasteiger charge is -2.24. The Kier molecular flexibility index (Phi) is 4.20. The van der Waals surface area contributed by atoms with Crippen LogP contribution >= 0.6 is 12.2 Å². The molecule has 4 heteroatoms. The number of hydrogen-bond acceptors (Lipinski definition) is 2. The van der Waals surface area contributed by atoms with Gasteiger partial charge in [-0.3, -0.25) is 0 Å². The van der Waals surface area contributed by atoms with Gasteiger partial charge in [0, 0.05) is 11.7 Å². The second-order valence-electron chi connectivity index (χ2n) is 4.48. The summed E-state index contributed by atoms with van der Waals surface area (Å²) < 4.78 is 0. The lowest BCUT2D eigenvalue weighted by atomic mass is 9.96. The number of aromatic hydroxyl groups is 1. The van der Waals surface area contributed by atoms with E-state index in [2.05, 4.69) is 10.6 Å². The summed E-state index contributed by atoms with van der Waals surface area (Å²) in [5.41, 5.74) is 0.899. The van der Waals surface area contributed by atoms with Crippen molar-refractivity contribution in [1.82, 2.24) is 5.32 Å². The van der Waals surface area contributed by atoms with E-state index in [0.29, 0.717) is 11.2 Å². The van der Waals surface area contributed by atoms with E-state index >= 15 is 0 Å². The summed E-state index contributed by atoms with van der Waals surface area (Å²) in [7, 11) is 0. The summed E-state index contributed by atoms with van der Waals surface area (Å²) in [6.45, 7) is 0. The van der Waals surface area contributed by atoms with Crippen molar-refractivity contribution in [1.29, 1.82) is 0 Å². The number of anilines is 1. The van der Waals surface area contributed by atoms with E-state index in [4.69, 9.17) is 12.2 Å². The zero-order chi connectivity index (χ0) is 12.1. The van der Waals surface area contributed by atoms with E-state index in [1.165, 1.54) is 32.1 Å². The topological polar surface area (TPSA) is 44.3 Å². The first kappa shape index (κ1) is 12.2. The first-order valence-electron chi connectivity index (χ1n) is 6.10. The molecule has 0 aliphatic heterocycles. The highest BCUT2D eigenvalue weighted by molar-refractivity contribution is 7.80. The fraction of sp³-hybridized carbons (Fsp3) is 0.462. The molecule has 3 nitrogen and oxygen atoms in total. The SMILES string of the molecule is Oc1ccc(NC(=S)NC2CCCCC2)cc1. The van der Waals surface area contributed by atoms with Crippen LogP contribution < -0.4 is 10.6 Å². The zero-order valence-electron chi connectivity index (χ0n) is 9.78. The Morgan fingerprint density at radius 3 is 2.41 bits per heavy atom. The van der Waals surface area contributed by atoms with Crippen LogP contribution in [-0.4, -0.2) is 16.3 Å². The maximum Gasteiger partial charge on any atom is 0.170 e. The molecule has 0 radical (unpaired) electrons. The van der Waals surface area contributed by atoms with Crippen LogP contribution in [0.2, 0.25) is 0 Å². The van der Waals surface area contributed by atoms with Gasteiger partial charge in [-0.05, 0) is 49.3 Å². The third-order valence-corrected chi connectivity index (χ3v) is 3.29. The van der Waals surface area contributed by atoms with Crippen molar-refractivity contribution in [2.75, 3.05) is 5.32 Å². The van der Waals surface area contributed by atoms with Gasteiger partial charge in [0.05, 0.1) is 0 Å². The van der Waals surface area contributed by atoms with Crippen LogP contribution in [0.4, 0.5) is 5.69 Å². The molecule has 1 fully saturated rings. The average molecular weight is 250 g/mol. The Labute approximate surface area is 107 Å². The lowest BCUT2D eigenvalue weighted by molar-refractivity contribution is 0.415. The Morgan fingerprint density at radius 1 is 1.12 bits per heavy atom. The minimum Gasteiger partial charge on any atom is -0.508 e. The van der Waals surface area contributed by atoms with Crippen molar-refractivity contribution < 1.29 is 5.11 Å². The van der Waals surface area contributed by atoms with Crippen molar-refractivity contribution >= 4 is 23.0 Å². The Hall–Kier alpha value is -1.29. The van der Waals surface area contributed by atoms with Crippen molar-refractivity contribution in [2.45, 2.75) is 38.1 Å². The molecule has 0 unspecified atom stereocenters. The molecule has 2 rings (SSSR count). The molecule has 0 saturated heterocycles. The lowest BCUT2D eigenvalue weighted by Crippen LogP contribution is -2.38. The number of phenols is 1. The number of rotatable bonds is 2. The minimum atomic E-state index is 0.265. The molecule has 0 aromatic heterocycles. The number of thiocarbonyl (C=S) groups is 1. The van der Waals surface area contributed by atoms with Gasteiger partial charge in [0.25, 0.3) is 0 Å². The predicted molar refractivity (Wildman–Crippen MR) is 74.3 cm³/mol. The summed E-state index contributed by atoms with van der Waals surface area (Å²) in [5.74, 6) is 0.265. The standard InChI is InChI=1S/C13H18N2OS/c16-12-8-6-11(7-9-12)15-13(17)14-10-4-2-1-3-5-10/h6-10,16H,1-5H2,(H2,14,15,17). The highest BCUT2D eigenvalue weighted by Crippen LogP contribution is 2.18. The Morgan fingerprint density at radius 2 is 1.76 bits per heavy atom. The number of hydrogen-bond donors (Lipinski definition) is 3. The molecule has 1 aliphatic rings. The molecule has 17 heavy (non-hydrogen) atoms. The van der Waals surface area contributed by atoms with Gasteiger partial charge in [0.15, 0.2) is 5.11 Å². The summed E-state index contributed by atoms with van der Waals surface area (Å²) in [4.78, 5) is 0. The molecule has 0 bridgehead atoms. The van der Waals surface area contributed by atoms with Crippen LogP contribution in [0.5, 0.6) is 5.75 Å². The minimum absolute atomic E-state index is 0.265. The van der Waals surface area contributed by atoms with E-state index in [0.717, 1.165) is 5.69 Å². The fourth-order valence-corrected chi connectivity index (χ4v) is 2.43. The van der Waals surface area contributed by atoms with Crippen LogP contribution in [0.3, 0.4) is 0 Å². The molecule has 0 heterocycles. The molecule has 0 spiro atoms. The molecule has 1 aromatic carbocycles. The first-order valence-corrected chi connectivity index (χ1v) is 6.51. The third-order valence-electron chi connectivity index (χ3n) is 3.07. The summed E-state index contributed by atoms with van der Waals surface area (Å²) in [6.07, 6.45) is 6.34. The molecule has 0 amide bonds. The van der Waals surface area contributed by atoms with Crippen LogP contribution in [-0.2, 0) is 0 Å². The maximum atomic E-state index is 9.18. The molecule has 1 aliphatic carbocycles. The second kappa shape index (κ2) is 5.87. The van der Waals surface area contributed by atoms with E-state index < -0.39 is 0 Å². The molecule has 1 aromatic rings. The van der Waals surface area contributed by atoms with E-state index in [9.17, 15) is 5.11 Å².